The number of aliphatic hydroxyl groups excluding tert-OH is 2. The summed E-state index contributed by atoms with van der Waals surface area (Å²) in [6.07, 6.45) is -2.87. The quantitative estimate of drug-likeness (QED) is 0.243. The Bertz CT molecular complexity index is 914. The van der Waals surface area contributed by atoms with E-state index in [4.69, 9.17) is 18.5 Å². The van der Waals surface area contributed by atoms with Gasteiger partial charge in [0.05, 0.1) is 18.1 Å². The molecule has 2 heterocycles. The number of aromatic amines is 1. The number of fused-ring (bicyclic) bond motifs is 1. The maximum atomic E-state index is 12.0. The Balaban J connectivity index is 1.51. The lowest BCUT2D eigenvalue weighted by atomic mass is 9.99. The molecule has 166 valence electrons. The fraction of sp³-hybridized carbons (Fsp3) is 0.706. The average molecular weight is 447 g/mol. The van der Waals surface area contributed by atoms with E-state index < -0.39 is 56.1 Å². The number of hydrogen-bond acceptors (Lipinski definition) is 10. The van der Waals surface area contributed by atoms with Crippen LogP contribution in [-0.4, -0.2) is 63.4 Å². The third-order valence-electron chi connectivity index (χ3n) is 5.02. The summed E-state index contributed by atoms with van der Waals surface area (Å²) in [5.74, 6) is -0.388. The number of hydrogen-bond donors (Lipinski definition) is 3. The summed E-state index contributed by atoms with van der Waals surface area (Å²) in [6.45, 7) is 2.92. The first-order chi connectivity index (χ1) is 14.2. The van der Waals surface area contributed by atoms with Gasteiger partial charge < -0.3 is 19.7 Å². The van der Waals surface area contributed by atoms with Crippen molar-refractivity contribution in [2.24, 2.45) is 5.41 Å². The van der Waals surface area contributed by atoms with E-state index in [9.17, 15) is 29.2 Å². The van der Waals surface area contributed by atoms with E-state index in [0.717, 1.165) is 10.6 Å². The van der Waals surface area contributed by atoms with Crippen LogP contribution >= 0.6 is 8.25 Å². The minimum absolute atomic E-state index is 0.00921. The van der Waals surface area contributed by atoms with E-state index in [-0.39, 0.29) is 31.5 Å². The molecule has 1 saturated heterocycles. The van der Waals surface area contributed by atoms with Crippen molar-refractivity contribution in [1.29, 1.82) is 0 Å². The van der Waals surface area contributed by atoms with Gasteiger partial charge in [0.2, 0.25) is 0 Å². The van der Waals surface area contributed by atoms with Crippen molar-refractivity contribution in [3.8, 4) is 0 Å². The van der Waals surface area contributed by atoms with Gasteiger partial charge in [0, 0.05) is 23.2 Å². The highest BCUT2D eigenvalue weighted by atomic mass is 31.1. The van der Waals surface area contributed by atoms with Crippen molar-refractivity contribution in [2.45, 2.75) is 57.3 Å². The molecular weight excluding hydrogens is 423 g/mol. The summed E-state index contributed by atoms with van der Waals surface area (Å²) in [5, 5.41) is 20.4. The molecule has 0 radical (unpaired) electrons. The van der Waals surface area contributed by atoms with Crippen molar-refractivity contribution in [3.05, 3.63) is 33.1 Å². The van der Waals surface area contributed by atoms with Gasteiger partial charge >= 0.3 is 19.9 Å². The monoisotopic (exact) mass is 447 g/mol. The Morgan fingerprint density at radius 3 is 2.77 bits per heavy atom. The predicted molar refractivity (Wildman–Crippen MR) is 99.7 cm³/mol. The van der Waals surface area contributed by atoms with Gasteiger partial charge in [0.25, 0.3) is 5.56 Å². The predicted octanol–water partition coefficient (Wildman–Crippen LogP) is -0.422. The SMILES string of the molecule is CC(C)OC(=O)CCCO[P+](=O)OC1C2OC(n3ccc(=O)[nH]c3=O)C(O)C21CO. The Morgan fingerprint density at radius 2 is 2.17 bits per heavy atom. The topological polar surface area (TPSA) is 166 Å². The third kappa shape index (κ3) is 4.39. The summed E-state index contributed by atoms with van der Waals surface area (Å²) < 4.78 is 33.9. The van der Waals surface area contributed by atoms with Crippen LogP contribution in [0.5, 0.6) is 0 Å². The number of aliphatic hydroxyl groups is 2. The van der Waals surface area contributed by atoms with Gasteiger partial charge in [0.15, 0.2) is 12.3 Å². The molecule has 1 aliphatic carbocycles. The molecule has 1 aromatic heterocycles. The van der Waals surface area contributed by atoms with Crippen LogP contribution in [0.2, 0.25) is 0 Å². The molecule has 13 heteroatoms. The van der Waals surface area contributed by atoms with Crippen LogP contribution in [0.15, 0.2) is 21.9 Å². The number of aromatic nitrogens is 2. The first kappa shape index (κ1) is 22.7. The van der Waals surface area contributed by atoms with E-state index in [2.05, 4.69) is 4.98 Å². The molecule has 12 nitrogen and oxygen atoms in total. The van der Waals surface area contributed by atoms with Gasteiger partial charge in [-0.25, -0.2) is 4.79 Å². The standard InChI is InChI=1S/C17H23N2O10P/c1-9(2)27-11(22)4-3-7-26-30(25)29-14-13-17(14,8-20)12(23)15(28-13)19-6-5-10(21)18-16(19)24/h5-6,9,12-15,20,23H,3-4,7-8H2,1-2H3/p+1. The molecule has 0 aromatic carbocycles. The number of carbonyl (C=O) groups excluding carboxylic acids is 1. The molecule has 1 saturated carbocycles. The van der Waals surface area contributed by atoms with E-state index in [1.54, 1.807) is 13.8 Å². The van der Waals surface area contributed by atoms with Crippen LogP contribution in [0, 0.1) is 5.41 Å². The molecule has 0 amide bonds. The molecule has 3 rings (SSSR count). The van der Waals surface area contributed by atoms with Crippen molar-refractivity contribution < 1.29 is 38.1 Å². The smallest absolute Gasteiger partial charge is 0.463 e. The molecule has 2 aliphatic rings. The number of ether oxygens (including phenoxy) is 2. The second kappa shape index (κ2) is 9.04. The van der Waals surface area contributed by atoms with E-state index >= 15 is 0 Å². The number of rotatable bonds is 10. The molecule has 6 unspecified atom stereocenters. The molecule has 3 N–H and O–H groups in total. The zero-order chi connectivity index (χ0) is 22.1. The van der Waals surface area contributed by atoms with Gasteiger partial charge in [-0.1, -0.05) is 0 Å². The molecule has 0 spiro atoms. The summed E-state index contributed by atoms with van der Waals surface area (Å²) >= 11 is 0. The largest absolute Gasteiger partial charge is 0.697 e. The summed E-state index contributed by atoms with van der Waals surface area (Å²) in [4.78, 5) is 36.6. The average Bonchev–Trinajstić information content (AvgIpc) is 3.16. The number of carbonyl (C=O) groups is 1. The summed E-state index contributed by atoms with van der Waals surface area (Å²) in [5.41, 5.74) is -2.64. The van der Waals surface area contributed by atoms with Crippen LogP contribution in [0.4, 0.5) is 0 Å². The van der Waals surface area contributed by atoms with Crippen molar-refractivity contribution in [3.63, 3.8) is 0 Å². The summed E-state index contributed by atoms with van der Waals surface area (Å²) in [7, 11) is -2.59. The number of nitrogens with one attached hydrogen (secondary N) is 1. The zero-order valence-corrected chi connectivity index (χ0v) is 17.3. The molecule has 0 bridgehead atoms. The van der Waals surface area contributed by atoms with Gasteiger partial charge in [0.1, 0.15) is 18.8 Å². The fourth-order valence-corrected chi connectivity index (χ4v) is 4.32. The second-order valence-corrected chi connectivity index (χ2v) is 8.32. The Hall–Kier alpha value is -1.95. The van der Waals surface area contributed by atoms with Crippen molar-refractivity contribution >= 4 is 14.2 Å². The highest BCUT2D eigenvalue weighted by molar-refractivity contribution is 7.33. The fourth-order valence-electron chi connectivity index (χ4n) is 3.49. The molecule has 2 fully saturated rings. The van der Waals surface area contributed by atoms with E-state index in [0.29, 0.717) is 0 Å². The van der Waals surface area contributed by atoms with Crippen LogP contribution < -0.4 is 11.2 Å². The number of H-pyrrole nitrogens is 1. The van der Waals surface area contributed by atoms with Crippen LogP contribution in [0.1, 0.15) is 32.9 Å². The Morgan fingerprint density at radius 1 is 1.43 bits per heavy atom. The second-order valence-electron chi connectivity index (χ2n) is 7.40. The van der Waals surface area contributed by atoms with Crippen LogP contribution in [0.25, 0.3) is 0 Å². The van der Waals surface area contributed by atoms with E-state index in [1.165, 1.54) is 6.20 Å². The van der Waals surface area contributed by atoms with Crippen LogP contribution in [0.3, 0.4) is 0 Å². The minimum Gasteiger partial charge on any atom is -0.463 e. The van der Waals surface area contributed by atoms with E-state index in [1.807, 2.05) is 0 Å². The lowest BCUT2D eigenvalue weighted by molar-refractivity contribution is -0.147. The lowest BCUT2D eigenvalue weighted by Gasteiger charge is -2.23. The highest BCUT2D eigenvalue weighted by Gasteiger charge is 2.80. The Labute approximate surface area is 171 Å². The third-order valence-corrected chi connectivity index (χ3v) is 5.81. The van der Waals surface area contributed by atoms with Crippen LogP contribution in [-0.2, 0) is 27.9 Å². The van der Waals surface area contributed by atoms with Crippen molar-refractivity contribution in [1.82, 2.24) is 9.55 Å². The first-order valence-corrected chi connectivity index (χ1v) is 10.5. The van der Waals surface area contributed by atoms with Crippen molar-refractivity contribution in [2.75, 3.05) is 13.2 Å². The van der Waals surface area contributed by atoms with Gasteiger partial charge in [-0.2, -0.15) is 0 Å². The number of nitrogens with zero attached hydrogens (tertiary/aromatic N) is 1. The Kier molecular flexibility index (Phi) is 6.85. The van der Waals surface area contributed by atoms with Gasteiger partial charge in [-0.15, -0.1) is 9.05 Å². The molecular formula is C17H24N2O10P+. The highest BCUT2D eigenvalue weighted by Crippen LogP contribution is 2.63. The maximum absolute atomic E-state index is 12.0. The number of esters is 1. The molecule has 6 atom stereocenters. The molecule has 1 aliphatic heterocycles. The first-order valence-electron chi connectivity index (χ1n) is 9.43. The molecule has 30 heavy (non-hydrogen) atoms. The maximum Gasteiger partial charge on any atom is 0.697 e. The summed E-state index contributed by atoms with van der Waals surface area (Å²) in [6, 6.07) is 1.10. The minimum atomic E-state index is -2.59. The van der Waals surface area contributed by atoms with Gasteiger partial charge in [-0.3, -0.25) is 19.1 Å². The van der Waals surface area contributed by atoms with Gasteiger partial charge in [-0.05, 0) is 20.3 Å². The molecule has 1 aromatic rings. The lowest BCUT2D eigenvalue weighted by Crippen LogP contribution is -2.40. The normalized spacial score (nSPS) is 30.2. The zero-order valence-electron chi connectivity index (χ0n) is 16.4.